The summed E-state index contributed by atoms with van der Waals surface area (Å²) in [6.07, 6.45) is 5.99. The SMILES string of the molecule is OCCCC1CCCN1CCCS. The number of hydrogen-bond acceptors (Lipinski definition) is 3. The summed E-state index contributed by atoms with van der Waals surface area (Å²) in [5.41, 5.74) is 0. The van der Waals surface area contributed by atoms with E-state index in [1.165, 1.54) is 38.8 Å². The third-order valence-corrected chi connectivity index (χ3v) is 3.11. The number of hydrogen-bond donors (Lipinski definition) is 2. The van der Waals surface area contributed by atoms with Crippen LogP contribution in [0.25, 0.3) is 0 Å². The lowest BCUT2D eigenvalue weighted by Crippen LogP contribution is -2.30. The molecule has 0 radical (unpaired) electrons. The van der Waals surface area contributed by atoms with Crippen molar-refractivity contribution in [2.45, 2.75) is 38.1 Å². The summed E-state index contributed by atoms with van der Waals surface area (Å²) < 4.78 is 0. The Morgan fingerprint density at radius 3 is 2.92 bits per heavy atom. The summed E-state index contributed by atoms with van der Waals surface area (Å²) >= 11 is 4.23. The highest BCUT2D eigenvalue weighted by Crippen LogP contribution is 2.21. The fraction of sp³-hybridized carbons (Fsp3) is 1.00. The molecular weight excluding hydrogens is 182 g/mol. The number of likely N-dealkylation sites (tertiary alicyclic amines) is 1. The van der Waals surface area contributed by atoms with Crippen LogP contribution < -0.4 is 0 Å². The predicted octanol–water partition coefficient (Wildman–Crippen LogP) is 1.54. The highest BCUT2D eigenvalue weighted by Gasteiger charge is 2.22. The zero-order chi connectivity index (χ0) is 9.52. The van der Waals surface area contributed by atoms with Crippen molar-refractivity contribution in [2.24, 2.45) is 0 Å². The Bertz CT molecular complexity index is 118. The molecule has 0 saturated carbocycles. The first kappa shape index (κ1) is 11.3. The van der Waals surface area contributed by atoms with Crippen LogP contribution in [0.4, 0.5) is 0 Å². The summed E-state index contributed by atoms with van der Waals surface area (Å²) in [6.45, 7) is 2.79. The molecule has 0 bridgehead atoms. The van der Waals surface area contributed by atoms with Crippen molar-refractivity contribution in [1.82, 2.24) is 4.90 Å². The first-order valence-electron chi connectivity index (χ1n) is 5.34. The lowest BCUT2D eigenvalue weighted by molar-refractivity contribution is 0.217. The summed E-state index contributed by atoms with van der Waals surface area (Å²) in [4.78, 5) is 2.56. The van der Waals surface area contributed by atoms with Gasteiger partial charge in [0.1, 0.15) is 0 Å². The number of rotatable bonds is 6. The molecule has 0 aromatic heterocycles. The molecule has 13 heavy (non-hydrogen) atoms. The van der Waals surface area contributed by atoms with Crippen LogP contribution in [0.3, 0.4) is 0 Å². The molecule has 78 valence electrons. The van der Waals surface area contributed by atoms with Crippen molar-refractivity contribution in [3.63, 3.8) is 0 Å². The van der Waals surface area contributed by atoms with Crippen molar-refractivity contribution >= 4 is 12.6 Å². The zero-order valence-corrected chi connectivity index (χ0v) is 9.18. The number of thiol groups is 1. The fourth-order valence-electron chi connectivity index (χ4n) is 2.12. The smallest absolute Gasteiger partial charge is 0.0431 e. The minimum atomic E-state index is 0.344. The van der Waals surface area contributed by atoms with E-state index in [0.29, 0.717) is 6.61 Å². The molecule has 1 unspecified atom stereocenters. The monoisotopic (exact) mass is 203 g/mol. The second kappa shape index (κ2) is 6.68. The molecule has 0 aliphatic carbocycles. The average molecular weight is 203 g/mol. The van der Waals surface area contributed by atoms with E-state index < -0.39 is 0 Å². The van der Waals surface area contributed by atoms with Gasteiger partial charge in [0.05, 0.1) is 0 Å². The number of aliphatic hydroxyl groups excluding tert-OH is 1. The van der Waals surface area contributed by atoms with E-state index in [-0.39, 0.29) is 0 Å². The first-order valence-corrected chi connectivity index (χ1v) is 5.97. The van der Waals surface area contributed by atoms with Gasteiger partial charge in [0, 0.05) is 12.6 Å². The molecule has 1 atom stereocenters. The maximum atomic E-state index is 8.76. The topological polar surface area (TPSA) is 23.5 Å². The molecule has 1 N–H and O–H groups in total. The minimum Gasteiger partial charge on any atom is -0.396 e. The van der Waals surface area contributed by atoms with E-state index in [1.54, 1.807) is 0 Å². The molecule has 1 rings (SSSR count). The van der Waals surface area contributed by atoms with Crippen LogP contribution in [0.15, 0.2) is 0 Å². The molecule has 0 spiro atoms. The van der Waals surface area contributed by atoms with Crippen molar-refractivity contribution in [2.75, 3.05) is 25.4 Å². The van der Waals surface area contributed by atoms with Crippen LogP contribution in [0, 0.1) is 0 Å². The molecule has 0 aromatic carbocycles. The molecule has 1 saturated heterocycles. The second-order valence-corrected chi connectivity index (χ2v) is 4.22. The third kappa shape index (κ3) is 3.88. The van der Waals surface area contributed by atoms with Gasteiger partial charge in [-0.05, 0) is 50.9 Å². The van der Waals surface area contributed by atoms with Crippen LogP contribution in [-0.4, -0.2) is 41.5 Å². The second-order valence-electron chi connectivity index (χ2n) is 3.78. The van der Waals surface area contributed by atoms with Gasteiger partial charge in [0.15, 0.2) is 0 Å². The average Bonchev–Trinajstić information content (AvgIpc) is 2.59. The van der Waals surface area contributed by atoms with Gasteiger partial charge in [-0.3, -0.25) is 0 Å². The number of nitrogens with zero attached hydrogens (tertiary/aromatic N) is 1. The van der Waals surface area contributed by atoms with Crippen LogP contribution in [0.1, 0.15) is 32.1 Å². The quantitative estimate of drug-likeness (QED) is 0.640. The molecule has 1 heterocycles. The van der Waals surface area contributed by atoms with E-state index >= 15 is 0 Å². The Hall–Kier alpha value is 0.270. The normalized spacial score (nSPS) is 24.0. The first-order chi connectivity index (χ1) is 6.38. The van der Waals surface area contributed by atoms with Gasteiger partial charge >= 0.3 is 0 Å². The number of aliphatic hydroxyl groups is 1. The fourth-order valence-corrected chi connectivity index (χ4v) is 2.26. The summed E-state index contributed by atoms with van der Waals surface area (Å²) in [7, 11) is 0. The van der Waals surface area contributed by atoms with Crippen molar-refractivity contribution in [3.05, 3.63) is 0 Å². The van der Waals surface area contributed by atoms with Crippen molar-refractivity contribution in [3.8, 4) is 0 Å². The molecule has 3 heteroatoms. The molecule has 0 aromatic rings. The standard InChI is InChI=1S/C10H21NOS/c12-8-2-5-10-4-1-6-11(10)7-3-9-13/h10,12-13H,1-9H2. The summed E-state index contributed by atoms with van der Waals surface area (Å²) in [5.74, 6) is 0.989. The molecular formula is C10H21NOS. The van der Waals surface area contributed by atoms with Crippen LogP contribution in [0.5, 0.6) is 0 Å². The Balaban J connectivity index is 2.18. The maximum Gasteiger partial charge on any atom is 0.0431 e. The van der Waals surface area contributed by atoms with Gasteiger partial charge in [-0.15, -0.1) is 0 Å². The van der Waals surface area contributed by atoms with E-state index in [0.717, 1.165) is 18.2 Å². The van der Waals surface area contributed by atoms with E-state index in [2.05, 4.69) is 17.5 Å². The molecule has 0 amide bonds. The summed E-state index contributed by atoms with van der Waals surface area (Å²) in [5, 5.41) is 8.76. The van der Waals surface area contributed by atoms with Gasteiger partial charge < -0.3 is 10.0 Å². The molecule has 1 fully saturated rings. The van der Waals surface area contributed by atoms with Gasteiger partial charge in [0.25, 0.3) is 0 Å². The molecule has 2 nitrogen and oxygen atoms in total. The minimum absolute atomic E-state index is 0.344. The predicted molar refractivity (Wildman–Crippen MR) is 59.4 cm³/mol. The Kier molecular flexibility index (Phi) is 5.83. The summed E-state index contributed by atoms with van der Waals surface area (Å²) in [6, 6.07) is 0.743. The largest absolute Gasteiger partial charge is 0.396 e. The Morgan fingerprint density at radius 2 is 2.23 bits per heavy atom. The van der Waals surface area contributed by atoms with E-state index in [1.807, 2.05) is 0 Å². The van der Waals surface area contributed by atoms with Gasteiger partial charge in [-0.25, -0.2) is 0 Å². The Labute approximate surface area is 86.7 Å². The molecule has 1 aliphatic heterocycles. The maximum absolute atomic E-state index is 8.76. The van der Waals surface area contributed by atoms with Crippen LogP contribution in [0.2, 0.25) is 0 Å². The lowest BCUT2D eigenvalue weighted by atomic mass is 10.1. The Morgan fingerprint density at radius 1 is 1.38 bits per heavy atom. The van der Waals surface area contributed by atoms with E-state index in [9.17, 15) is 0 Å². The highest BCUT2D eigenvalue weighted by atomic mass is 32.1. The van der Waals surface area contributed by atoms with E-state index in [4.69, 9.17) is 5.11 Å². The van der Waals surface area contributed by atoms with Gasteiger partial charge in [-0.2, -0.15) is 12.6 Å². The highest BCUT2D eigenvalue weighted by molar-refractivity contribution is 7.80. The van der Waals surface area contributed by atoms with Gasteiger partial charge in [-0.1, -0.05) is 0 Å². The lowest BCUT2D eigenvalue weighted by Gasteiger charge is -2.23. The van der Waals surface area contributed by atoms with Crippen LogP contribution >= 0.6 is 12.6 Å². The van der Waals surface area contributed by atoms with Gasteiger partial charge in [0.2, 0.25) is 0 Å². The van der Waals surface area contributed by atoms with Crippen molar-refractivity contribution in [1.29, 1.82) is 0 Å². The third-order valence-electron chi connectivity index (χ3n) is 2.80. The van der Waals surface area contributed by atoms with Crippen molar-refractivity contribution < 1.29 is 5.11 Å². The van der Waals surface area contributed by atoms with Crippen LogP contribution in [-0.2, 0) is 0 Å². The molecule has 1 aliphatic rings. The zero-order valence-electron chi connectivity index (χ0n) is 8.28.